The summed E-state index contributed by atoms with van der Waals surface area (Å²) in [5.41, 5.74) is 2.15. The summed E-state index contributed by atoms with van der Waals surface area (Å²) in [5, 5.41) is 0. The van der Waals surface area contributed by atoms with Gasteiger partial charge >= 0.3 is 0 Å². The largest absolute Gasteiger partial charge is 0.454 e. The molecule has 0 radical (unpaired) electrons. The molecule has 30 heavy (non-hydrogen) atoms. The van der Waals surface area contributed by atoms with Crippen molar-refractivity contribution in [1.29, 1.82) is 0 Å². The summed E-state index contributed by atoms with van der Waals surface area (Å²) in [4.78, 5) is 4.67. The fourth-order valence-corrected chi connectivity index (χ4v) is 3.94. The van der Waals surface area contributed by atoms with Crippen molar-refractivity contribution >= 4 is 0 Å². The first-order chi connectivity index (χ1) is 14.7. The Morgan fingerprint density at radius 3 is 2.67 bits per heavy atom. The summed E-state index contributed by atoms with van der Waals surface area (Å²) in [7, 11) is 0. The Labute approximate surface area is 178 Å². The zero-order chi connectivity index (χ0) is 20.8. The molecule has 4 rings (SSSR count). The summed E-state index contributed by atoms with van der Waals surface area (Å²) >= 11 is 0. The molecule has 0 aliphatic carbocycles. The molecule has 1 aliphatic heterocycles. The molecule has 2 heterocycles. The standard InChI is InChI=1S/C26H27NO3/c1-3-26(4-2,20-15-16-23-24(18-20)29-19-28-23)17-9-11-21-10-8-14-25(27-21)30-22-12-6-5-7-13-22/h3,5-8,10,12-16,18H,1,4,9,11,17,19H2,2H3. The van der Waals surface area contributed by atoms with E-state index in [4.69, 9.17) is 14.2 Å². The fourth-order valence-electron chi connectivity index (χ4n) is 3.94. The molecule has 1 aromatic heterocycles. The minimum atomic E-state index is -0.0981. The first-order valence-corrected chi connectivity index (χ1v) is 10.4. The zero-order valence-corrected chi connectivity index (χ0v) is 17.3. The Bertz CT molecular complexity index is 1000. The minimum absolute atomic E-state index is 0.0981. The molecule has 4 heteroatoms. The number of hydrogen-bond donors (Lipinski definition) is 0. The molecule has 0 saturated heterocycles. The molecular formula is C26H27NO3. The number of fused-ring (bicyclic) bond motifs is 1. The molecule has 0 spiro atoms. The van der Waals surface area contributed by atoms with Crippen LogP contribution >= 0.6 is 0 Å². The van der Waals surface area contributed by atoms with Crippen molar-refractivity contribution in [2.24, 2.45) is 0 Å². The number of allylic oxidation sites excluding steroid dienone is 1. The first kappa shape index (κ1) is 20.0. The summed E-state index contributed by atoms with van der Waals surface area (Å²) in [5.74, 6) is 3.05. The number of para-hydroxylation sites is 1. The van der Waals surface area contributed by atoms with Crippen LogP contribution in [0.4, 0.5) is 0 Å². The lowest BCUT2D eigenvalue weighted by molar-refractivity contribution is 0.174. The van der Waals surface area contributed by atoms with Gasteiger partial charge in [0.1, 0.15) is 5.75 Å². The van der Waals surface area contributed by atoms with Crippen LogP contribution < -0.4 is 14.2 Å². The lowest BCUT2D eigenvalue weighted by Crippen LogP contribution is -2.22. The predicted molar refractivity (Wildman–Crippen MR) is 118 cm³/mol. The van der Waals surface area contributed by atoms with Crippen molar-refractivity contribution in [3.8, 4) is 23.1 Å². The molecule has 0 fully saturated rings. The van der Waals surface area contributed by atoms with E-state index in [1.54, 1.807) is 0 Å². The van der Waals surface area contributed by atoms with Gasteiger partial charge < -0.3 is 14.2 Å². The van der Waals surface area contributed by atoms with E-state index in [-0.39, 0.29) is 5.41 Å². The fraction of sp³-hybridized carbons (Fsp3) is 0.269. The van der Waals surface area contributed by atoms with Crippen molar-refractivity contribution < 1.29 is 14.2 Å². The molecule has 0 bridgehead atoms. The Morgan fingerprint density at radius 1 is 1.03 bits per heavy atom. The predicted octanol–water partition coefficient (Wildman–Crippen LogP) is 6.46. The first-order valence-electron chi connectivity index (χ1n) is 10.4. The maximum atomic E-state index is 5.87. The van der Waals surface area contributed by atoms with Gasteiger partial charge in [-0.15, -0.1) is 6.58 Å². The van der Waals surface area contributed by atoms with E-state index in [2.05, 4.69) is 42.8 Å². The zero-order valence-electron chi connectivity index (χ0n) is 17.3. The smallest absolute Gasteiger partial charge is 0.231 e. The highest BCUT2D eigenvalue weighted by Gasteiger charge is 2.28. The average Bonchev–Trinajstić information content (AvgIpc) is 3.26. The molecule has 4 nitrogen and oxygen atoms in total. The van der Waals surface area contributed by atoms with Gasteiger partial charge in [0.15, 0.2) is 11.5 Å². The highest BCUT2D eigenvalue weighted by Crippen LogP contribution is 2.40. The highest BCUT2D eigenvalue weighted by molar-refractivity contribution is 5.47. The van der Waals surface area contributed by atoms with Crippen LogP contribution in [0.3, 0.4) is 0 Å². The van der Waals surface area contributed by atoms with Crippen LogP contribution in [0.5, 0.6) is 23.1 Å². The summed E-state index contributed by atoms with van der Waals surface area (Å²) in [6.45, 7) is 6.65. The molecule has 1 atom stereocenters. The molecule has 154 valence electrons. The number of benzene rings is 2. The molecule has 3 aromatic rings. The molecule has 1 aliphatic rings. The Morgan fingerprint density at radius 2 is 1.87 bits per heavy atom. The van der Waals surface area contributed by atoms with Gasteiger partial charge in [-0.3, -0.25) is 0 Å². The monoisotopic (exact) mass is 401 g/mol. The Balaban J connectivity index is 1.43. The third-order valence-electron chi connectivity index (χ3n) is 5.77. The van der Waals surface area contributed by atoms with Crippen LogP contribution in [0.1, 0.15) is 37.4 Å². The van der Waals surface area contributed by atoms with Gasteiger partial charge in [-0.2, -0.15) is 0 Å². The van der Waals surface area contributed by atoms with E-state index in [1.807, 2.05) is 48.5 Å². The maximum absolute atomic E-state index is 5.87. The number of aryl methyl sites for hydroxylation is 1. The molecule has 1 unspecified atom stereocenters. The second-order valence-electron chi connectivity index (χ2n) is 7.52. The number of pyridine rings is 1. The van der Waals surface area contributed by atoms with Gasteiger partial charge in [0.25, 0.3) is 0 Å². The van der Waals surface area contributed by atoms with Crippen molar-refractivity contribution in [2.75, 3.05) is 6.79 Å². The van der Waals surface area contributed by atoms with Gasteiger partial charge in [-0.25, -0.2) is 4.98 Å². The van der Waals surface area contributed by atoms with Crippen LogP contribution in [-0.4, -0.2) is 11.8 Å². The number of hydrogen-bond acceptors (Lipinski definition) is 4. The van der Waals surface area contributed by atoms with Gasteiger partial charge in [-0.1, -0.05) is 43.3 Å². The van der Waals surface area contributed by atoms with Gasteiger partial charge in [0.2, 0.25) is 12.7 Å². The lowest BCUT2D eigenvalue weighted by Gasteiger charge is -2.30. The van der Waals surface area contributed by atoms with Crippen LogP contribution in [0.25, 0.3) is 0 Å². The van der Waals surface area contributed by atoms with E-state index >= 15 is 0 Å². The summed E-state index contributed by atoms with van der Waals surface area (Å²) < 4.78 is 16.9. The van der Waals surface area contributed by atoms with Crippen molar-refractivity contribution in [3.05, 3.63) is 90.6 Å². The van der Waals surface area contributed by atoms with E-state index in [1.165, 1.54) is 5.56 Å². The third-order valence-corrected chi connectivity index (χ3v) is 5.77. The van der Waals surface area contributed by atoms with Crippen molar-refractivity contribution in [2.45, 2.75) is 38.0 Å². The molecular weight excluding hydrogens is 374 g/mol. The quantitative estimate of drug-likeness (QED) is 0.386. The van der Waals surface area contributed by atoms with Crippen LogP contribution in [0.15, 0.2) is 79.4 Å². The molecule has 0 N–H and O–H groups in total. The Hall–Kier alpha value is -3.27. The number of nitrogens with zero attached hydrogens (tertiary/aromatic N) is 1. The SMILES string of the molecule is C=CC(CC)(CCCc1cccc(Oc2ccccc2)n1)c1ccc2c(c1)OCO2. The van der Waals surface area contributed by atoms with Crippen molar-refractivity contribution in [1.82, 2.24) is 4.98 Å². The van der Waals surface area contributed by atoms with Gasteiger partial charge in [0.05, 0.1) is 0 Å². The summed E-state index contributed by atoms with van der Waals surface area (Å²) in [6, 6.07) is 21.9. The lowest BCUT2D eigenvalue weighted by atomic mass is 9.74. The summed E-state index contributed by atoms with van der Waals surface area (Å²) in [6.07, 6.45) is 5.91. The topological polar surface area (TPSA) is 40.6 Å². The number of ether oxygens (including phenoxy) is 3. The molecule has 0 amide bonds. The third kappa shape index (κ3) is 4.33. The van der Waals surface area contributed by atoms with E-state index in [9.17, 15) is 0 Å². The average molecular weight is 402 g/mol. The maximum Gasteiger partial charge on any atom is 0.231 e. The van der Waals surface area contributed by atoms with E-state index < -0.39 is 0 Å². The van der Waals surface area contributed by atoms with E-state index in [0.717, 1.165) is 48.6 Å². The van der Waals surface area contributed by atoms with Crippen molar-refractivity contribution in [3.63, 3.8) is 0 Å². The van der Waals surface area contributed by atoms with Gasteiger partial charge in [-0.05, 0) is 61.6 Å². The normalized spacial score (nSPS) is 14.2. The highest BCUT2D eigenvalue weighted by atomic mass is 16.7. The number of rotatable bonds is 9. The molecule has 0 saturated carbocycles. The Kier molecular flexibility index (Phi) is 6.03. The van der Waals surface area contributed by atoms with Crippen LogP contribution in [-0.2, 0) is 11.8 Å². The second-order valence-corrected chi connectivity index (χ2v) is 7.52. The van der Waals surface area contributed by atoms with Crippen LogP contribution in [0.2, 0.25) is 0 Å². The van der Waals surface area contributed by atoms with E-state index in [0.29, 0.717) is 12.7 Å². The van der Waals surface area contributed by atoms with Crippen LogP contribution in [0, 0.1) is 0 Å². The molecule has 2 aromatic carbocycles. The second kappa shape index (κ2) is 9.04. The number of aromatic nitrogens is 1. The minimum Gasteiger partial charge on any atom is -0.454 e. The van der Waals surface area contributed by atoms with Gasteiger partial charge in [0, 0.05) is 17.2 Å².